The van der Waals surface area contributed by atoms with Crippen LogP contribution in [0.25, 0.3) is 0 Å². The molecular weight excluding hydrogens is 357 g/mol. The molecule has 3 N–H and O–H groups in total. The summed E-state index contributed by atoms with van der Waals surface area (Å²) >= 11 is 0. The van der Waals surface area contributed by atoms with Gasteiger partial charge in [0.1, 0.15) is 12.0 Å². The van der Waals surface area contributed by atoms with Crippen molar-refractivity contribution < 1.29 is 37.0 Å². The van der Waals surface area contributed by atoms with Crippen molar-refractivity contribution in [2.24, 2.45) is 0 Å². The molecule has 140 valence electrons. The van der Waals surface area contributed by atoms with Gasteiger partial charge < -0.3 is 24.9 Å². The second-order valence-electron chi connectivity index (χ2n) is 5.13. The van der Waals surface area contributed by atoms with Crippen molar-refractivity contribution in [2.45, 2.75) is 12.5 Å². The zero-order chi connectivity index (χ0) is 19.2. The molecular formula is C16H15F3N2O5. The zero-order valence-corrected chi connectivity index (χ0v) is 13.2. The minimum absolute atomic E-state index is 0.181. The molecule has 10 heteroatoms. The third-order valence-electron chi connectivity index (χ3n) is 3.18. The number of carbonyl (C=O) groups is 2. The van der Waals surface area contributed by atoms with Gasteiger partial charge in [0.25, 0.3) is 5.91 Å². The van der Waals surface area contributed by atoms with E-state index in [-0.39, 0.29) is 18.7 Å². The highest BCUT2D eigenvalue weighted by Crippen LogP contribution is 2.24. The van der Waals surface area contributed by atoms with Crippen LogP contribution in [-0.4, -0.2) is 36.4 Å². The molecule has 0 fully saturated rings. The topological polar surface area (TPSA) is 101 Å². The molecule has 1 heterocycles. The van der Waals surface area contributed by atoms with Crippen LogP contribution in [0.3, 0.4) is 0 Å². The van der Waals surface area contributed by atoms with Crippen LogP contribution in [0.4, 0.5) is 13.2 Å². The number of hydrogen-bond donors (Lipinski definition) is 3. The molecule has 0 saturated carbocycles. The van der Waals surface area contributed by atoms with Gasteiger partial charge in [-0.2, -0.15) is 0 Å². The fourth-order valence-electron chi connectivity index (χ4n) is 1.94. The molecule has 2 aromatic rings. The monoisotopic (exact) mass is 372 g/mol. The SMILES string of the molecule is O=C(CNC(=O)c1ccoc1)NC[C@@H](O)c1ccc(OC(F)(F)F)cc1. The summed E-state index contributed by atoms with van der Waals surface area (Å²) in [7, 11) is 0. The van der Waals surface area contributed by atoms with Gasteiger partial charge in [0.2, 0.25) is 5.91 Å². The fraction of sp³-hybridized carbons (Fsp3) is 0.250. The van der Waals surface area contributed by atoms with E-state index in [1.807, 2.05) is 0 Å². The van der Waals surface area contributed by atoms with Crippen LogP contribution in [0.2, 0.25) is 0 Å². The highest BCUT2D eigenvalue weighted by atomic mass is 19.4. The lowest BCUT2D eigenvalue weighted by Crippen LogP contribution is -2.38. The van der Waals surface area contributed by atoms with Gasteiger partial charge in [-0.3, -0.25) is 9.59 Å². The summed E-state index contributed by atoms with van der Waals surface area (Å²) < 4.78 is 44.7. The molecule has 0 aliphatic heterocycles. The van der Waals surface area contributed by atoms with Crippen LogP contribution in [0.15, 0.2) is 47.3 Å². The second-order valence-corrected chi connectivity index (χ2v) is 5.13. The van der Waals surface area contributed by atoms with Gasteiger partial charge in [0.15, 0.2) is 0 Å². The lowest BCUT2D eigenvalue weighted by molar-refractivity contribution is -0.274. The largest absolute Gasteiger partial charge is 0.573 e. The normalized spacial score (nSPS) is 12.3. The van der Waals surface area contributed by atoms with E-state index in [2.05, 4.69) is 15.4 Å². The lowest BCUT2D eigenvalue weighted by atomic mass is 10.1. The van der Waals surface area contributed by atoms with Gasteiger partial charge in [0, 0.05) is 6.54 Å². The number of furan rings is 1. The van der Waals surface area contributed by atoms with Crippen molar-refractivity contribution in [1.82, 2.24) is 10.6 Å². The summed E-state index contributed by atoms with van der Waals surface area (Å²) in [6, 6.07) is 6.04. The number of hydrogen-bond acceptors (Lipinski definition) is 5. The molecule has 0 saturated heterocycles. The van der Waals surface area contributed by atoms with Crippen molar-refractivity contribution in [3.05, 3.63) is 54.0 Å². The van der Waals surface area contributed by atoms with E-state index in [1.165, 1.54) is 30.7 Å². The maximum atomic E-state index is 12.1. The van der Waals surface area contributed by atoms with Crippen LogP contribution in [0.5, 0.6) is 5.75 Å². The average molecular weight is 372 g/mol. The number of alkyl halides is 3. The van der Waals surface area contributed by atoms with Gasteiger partial charge in [-0.05, 0) is 23.8 Å². The highest BCUT2D eigenvalue weighted by molar-refractivity contribution is 5.96. The number of benzene rings is 1. The molecule has 7 nitrogen and oxygen atoms in total. The summed E-state index contributed by atoms with van der Waals surface area (Å²) in [5, 5.41) is 14.7. The van der Waals surface area contributed by atoms with Crippen molar-refractivity contribution in [3.63, 3.8) is 0 Å². The quantitative estimate of drug-likeness (QED) is 0.688. The predicted molar refractivity (Wildman–Crippen MR) is 82.1 cm³/mol. The van der Waals surface area contributed by atoms with E-state index < -0.39 is 30.0 Å². The molecule has 1 aromatic carbocycles. The molecule has 0 spiro atoms. The Kier molecular flexibility index (Phi) is 6.23. The summed E-state index contributed by atoms with van der Waals surface area (Å²) in [4.78, 5) is 23.3. The Morgan fingerprint density at radius 2 is 1.85 bits per heavy atom. The van der Waals surface area contributed by atoms with E-state index in [4.69, 9.17) is 4.42 Å². The summed E-state index contributed by atoms with van der Waals surface area (Å²) in [6.07, 6.45) is -3.39. The number of amides is 2. The van der Waals surface area contributed by atoms with E-state index in [0.717, 1.165) is 12.1 Å². The third-order valence-corrected chi connectivity index (χ3v) is 3.18. The minimum Gasteiger partial charge on any atom is -0.472 e. The zero-order valence-electron chi connectivity index (χ0n) is 13.2. The Morgan fingerprint density at radius 3 is 2.42 bits per heavy atom. The van der Waals surface area contributed by atoms with Crippen molar-refractivity contribution >= 4 is 11.8 Å². The van der Waals surface area contributed by atoms with Gasteiger partial charge in [-0.25, -0.2) is 0 Å². The molecule has 2 amide bonds. The van der Waals surface area contributed by atoms with Gasteiger partial charge in [-0.1, -0.05) is 12.1 Å². The van der Waals surface area contributed by atoms with Crippen LogP contribution < -0.4 is 15.4 Å². The Hall–Kier alpha value is -3.01. The minimum atomic E-state index is -4.80. The molecule has 0 bridgehead atoms. The Labute approximate surface area is 145 Å². The number of aliphatic hydroxyl groups is 1. The standard InChI is InChI=1S/C16H15F3N2O5/c17-16(18,19)26-12-3-1-10(2-4-12)13(22)7-20-14(23)8-21-15(24)11-5-6-25-9-11/h1-6,9,13,22H,7-8H2,(H,20,23)(H,21,24)/t13-/m1/s1. The van der Waals surface area contributed by atoms with Crippen LogP contribution in [-0.2, 0) is 4.79 Å². The molecule has 26 heavy (non-hydrogen) atoms. The predicted octanol–water partition coefficient (Wildman–Crippen LogP) is 1.76. The Morgan fingerprint density at radius 1 is 1.15 bits per heavy atom. The van der Waals surface area contributed by atoms with Gasteiger partial charge in [0.05, 0.1) is 24.5 Å². The van der Waals surface area contributed by atoms with Crippen molar-refractivity contribution in [1.29, 1.82) is 0 Å². The number of nitrogens with one attached hydrogen (secondary N) is 2. The van der Waals surface area contributed by atoms with E-state index in [1.54, 1.807) is 0 Å². The first kappa shape index (κ1) is 19.3. The molecule has 2 rings (SSSR count). The first-order chi connectivity index (χ1) is 12.2. The molecule has 1 atom stereocenters. The number of halogens is 3. The summed E-state index contributed by atoms with van der Waals surface area (Å²) in [5.74, 6) is -1.45. The Bertz CT molecular complexity index is 729. The average Bonchev–Trinajstić information content (AvgIpc) is 3.11. The van der Waals surface area contributed by atoms with Crippen LogP contribution in [0.1, 0.15) is 22.0 Å². The maximum Gasteiger partial charge on any atom is 0.573 e. The van der Waals surface area contributed by atoms with E-state index in [0.29, 0.717) is 5.56 Å². The number of ether oxygens (including phenoxy) is 1. The Balaban J connectivity index is 1.76. The smallest absolute Gasteiger partial charge is 0.472 e. The number of carbonyl (C=O) groups excluding carboxylic acids is 2. The van der Waals surface area contributed by atoms with Crippen LogP contribution in [0, 0.1) is 0 Å². The first-order valence-electron chi connectivity index (χ1n) is 7.35. The van der Waals surface area contributed by atoms with Gasteiger partial charge >= 0.3 is 6.36 Å². The number of rotatable bonds is 7. The highest BCUT2D eigenvalue weighted by Gasteiger charge is 2.31. The van der Waals surface area contributed by atoms with E-state index in [9.17, 15) is 27.9 Å². The van der Waals surface area contributed by atoms with E-state index >= 15 is 0 Å². The third kappa shape index (κ3) is 6.13. The molecule has 0 aliphatic rings. The molecule has 0 aliphatic carbocycles. The first-order valence-corrected chi connectivity index (χ1v) is 7.35. The second kappa shape index (κ2) is 8.39. The van der Waals surface area contributed by atoms with Gasteiger partial charge in [-0.15, -0.1) is 13.2 Å². The maximum absolute atomic E-state index is 12.1. The van der Waals surface area contributed by atoms with Crippen molar-refractivity contribution in [2.75, 3.05) is 13.1 Å². The fourth-order valence-corrected chi connectivity index (χ4v) is 1.94. The molecule has 0 unspecified atom stereocenters. The summed E-state index contributed by atoms with van der Waals surface area (Å²) in [5.41, 5.74) is 0.557. The van der Waals surface area contributed by atoms with Crippen molar-refractivity contribution in [3.8, 4) is 5.75 Å². The molecule has 0 radical (unpaired) electrons. The summed E-state index contributed by atoms with van der Waals surface area (Å²) in [6.45, 7) is -0.491. The number of aliphatic hydroxyl groups excluding tert-OH is 1. The van der Waals surface area contributed by atoms with Crippen LogP contribution >= 0.6 is 0 Å². The lowest BCUT2D eigenvalue weighted by Gasteiger charge is -2.14. The molecule has 1 aromatic heterocycles.